The third-order valence-corrected chi connectivity index (χ3v) is 0. The molecule has 0 aliphatic carbocycles. The molecule has 0 aromatic carbocycles. The van der Waals surface area contributed by atoms with Crippen molar-refractivity contribution in [1.29, 1.82) is 0 Å². The molecule has 0 aliphatic heterocycles. The van der Waals surface area contributed by atoms with E-state index in [1.165, 1.54) is 0 Å². The molecule has 0 aromatic heterocycles. The summed E-state index contributed by atoms with van der Waals surface area (Å²) in [5, 5.41) is 0. The van der Waals surface area contributed by atoms with Crippen molar-refractivity contribution in [2.45, 2.75) is 0 Å². The van der Waals surface area contributed by atoms with E-state index in [-0.39, 0.29) is 118 Å². The van der Waals surface area contributed by atoms with Crippen LogP contribution >= 0.6 is 0 Å². The fourth-order valence-electron chi connectivity index (χ4n) is 0. The van der Waals surface area contributed by atoms with Gasteiger partial charge in [-0.3, -0.25) is 0 Å². The van der Waals surface area contributed by atoms with Gasteiger partial charge in [0.15, 0.2) is 0 Å². The van der Waals surface area contributed by atoms with Crippen LogP contribution in [0.15, 0.2) is 0 Å². The molecule has 4 heteroatoms. The molecule has 0 bridgehead atoms. The van der Waals surface area contributed by atoms with Crippen LogP contribution in [-0.4, -0.2) is 45.5 Å². The normalized spacial score (nSPS) is 0.750. The molecule has 1 nitrogen and oxygen atoms in total. The van der Waals surface area contributed by atoms with E-state index >= 15 is 0 Å². The zero-order valence-electron chi connectivity index (χ0n) is 1.49. The molecule has 0 aliphatic rings. The second-order valence-corrected chi connectivity index (χ2v) is 0. The molecule has 0 unspecified atom stereocenters. The van der Waals surface area contributed by atoms with Gasteiger partial charge in [0.25, 0.3) is 0 Å². The molecule has 0 saturated carbocycles. The quantitative estimate of drug-likeness (QED) is 0.518. The Balaban J connectivity index is -0.00000000500. The van der Waals surface area contributed by atoms with Crippen LogP contribution < -0.4 is 0 Å². The summed E-state index contributed by atoms with van der Waals surface area (Å²) in [6, 6.07) is 0. The van der Waals surface area contributed by atoms with Crippen molar-refractivity contribution in [3.63, 3.8) is 0 Å². The Morgan fingerprint density at radius 1 is 1.25 bits per heavy atom. The zero-order chi connectivity index (χ0) is 2.00. The molecule has 0 amide bonds. The maximum atomic E-state index is 8.39. The van der Waals surface area contributed by atoms with Crippen molar-refractivity contribution in [2.75, 3.05) is 0 Å². The molecular formula is H2CeOSrY. The van der Waals surface area contributed by atoms with Crippen LogP contribution in [0, 0.1) is 39.8 Å². The van der Waals surface area contributed by atoms with Gasteiger partial charge in [0.1, 0.15) is 0 Å². The fourth-order valence-corrected chi connectivity index (χ4v) is 0. The van der Waals surface area contributed by atoms with Crippen molar-refractivity contribution in [3.8, 4) is 0 Å². The topological polar surface area (TPSA) is 17.1 Å². The minimum atomic E-state index is 0. The van der Waals surface area contributed by atoms with E-state index < -0.39 is 0 Å². The molecule has 0 saturated heterocycles. The third-order valence-electron chi connectivity index (χ3n) is 0. The van der Waals surface area contributed by atoms with Gasteiger partial charge in [-0.25, -0.2) is 0 Å². The molecule has 0 aromatic rings. The summed E-state index contributed by atoms with van der Waals surface area (Å²) in [6.07, 6.45) is 0. The van der Waals surface area contributed by atoms with E-state index in [9.17, 15) is 0 Å². The van der Waals surface area contributed by atoms with Crippen LogP contribution in [0.25, 0.3) is 0 Å². The minimum absolute atomic E-state index is 0. The predicted octanol–water partition coefficient (Wildman–Crippen LogP) is -1.04. The van der Waals surface area contributed by atoms with Crippen LogP contribution in [0.5, 0.6) is 0 Å². The second kappa shape index (κ2) is 15.9. The molecule has 0 heterocycles. The van der Waals surface area contributed by atoms with E-state index in [1.54, 1.807) is 0 Å². The first-order valence-electron chi connectivity index (χ1n) is 0.204. The standard InChI is InChI=1S/Ce.O.Sr.Y.2H. The Morgan fingerprint density at radius 2 is 1.25 bits per heavy atom. The molecule has 1 radical (unpaired) electrons. The molecule has 17 valence electrons. The van der Waals surface area contributed by atoms with Crippen LogP contribution in [0.4, 0.5) is 0 Å². The average Bonchev–Trinajstić information content (AvgIpc) is 1.00. The fraction of sp³-hybridized carbons (Fsp3) is 0. The van der Waals surface area contributed by atoms with Gasteiger partial charge in [0.05, 0.1) is 0 Å². The summed E-state index contributed by atoms with van der Waals surface area (Å²) < 4.78 is 8.39. The van der Waals surface area contributed by atoms with Gasteiger partial charge in [-0.1, -0.05) is 0 Å². The van der Waals surface area contributed by atoms with E-state index in [1.807, 2.05) is 0 Å². The van der Waals surface area contributed by atoms with Crippen molar-refractivity contribution in [1.82, 2.24) is 0 Å². The summed E-state index contributed by atoms with van der Waals surface area (Å²) in [4.78, 5) is 0. The summed E-state index contributed by atoms with van der Waals surface area (Å²) in [5.41, 5.74) is 0. The van der Waals surface area contributed by atoms with Crippen LogP contribution in [0.2, 0.25) is 0 Å². The summed E-state index contributed by atoms with van der Waals surface area (Å²) >= 11 is 0.0556. The van der Waals surface area contributed by atoms with Crippen LogP contribution in [0.1, 0.15) is 0 Å². The summed E-state index contributed by atoms with van der Waals surface area (Å²) in [6.45, 7) is 0. The van der Waals surface area contributed by atoms with Crippen LogP contribution in [-0.2, 0) is 33.6 Å². The van der Waals surface area contributed by atoms with Gasteiger partial charge in [-0.05, 0) is 0 Å². The molecule has 0 atom stereocenters. The van der Waals surface area contributed by atoms with Crippen molar-refractivity contribution < 1.29 is 73.4 Å². The Hall–Kier alpha value is 3.76. The van der Waals surface area contributed by atoms with Gasteiger partial charge in [-0.2, -0.15) is 0 Å². The van der Waals surface area contributed by atoms with Crippen molar-refractivity contribution >= 4 is 45.5 Å². The maximum Gasteiger partial charge on any atom is 0 e. The minimum Gasteiger partial charge on any atom is 0 e. The number of hydrogen-bond donors (Lipinski definition) is 0. The first-order chi connectivity index (χ1) is 1.00. The third kappa shape index (κ3) is 9.23. The van der Waals surface area contributed by atoms with Crippen LogP contribution in [0.3, 0.4) is 0 Å². The van der Waals surface area contributed by atoms with Crippen molar-refractivity contribution in [2.24, 2.45) is 0 Å². The van der Waals surface area contributed by atoms with Gasteiger partial charge in [-0.15, -0.1) is 0 Å². The Bertz CT molecular complexity index is 8.00. The Kier molecular flexibility index (Phi) is 62.1. The molecule has 0 spiro atoms. The largest absolute Gasteiger partial charge is 0 e. The predicted molar refractivity (Wildman–Crippen MR) is 9.23 cm³/mol. The monoisotopic (exact) mass is 335 g/mol. The molecule has 4 heavy (non-hydrogen) atoms. The summed E-state index contributed by atoms with van der Waals surface area (Å²) in [7, 11) is 0. The first-order valence-corrected chi connectivity index (χ1v) is 1.49. The number of rotatable bonds is 0. The molecule has 0 N–H and O–H groups in total. The first kappa shape index (κ1) is 15.7. The SMILES string of the molecule is [O]=[Ce].[SrH2].[Y]. The van der Waals surface area contributed by atoms with Gasteiger partial charge < -0.3 is 0 Å². The van der Waals surface area contributed by atoms with E-state index in [4.69, 9.17) is 0.938 Å². The average molecular weight is 335 g/mol. The Labute approximate surface area is 115 Å². The van der Waals surface area contributed by atoms with E-state index in [0.717, 1.165) is 0 Å². The molecule has 0 rings (SSSR count). The van der Waals surface area contributed by atoms with Crippen molar-refractivity contribution in [3.05, 3.63) is 0 Å². The van der Waals surface area contributed by atoms with E-state index in [0.29, 0.717) is 0 Å². The van der Waals surface area contributed by atoms with E-state index in [2.05, 4.69) is 0 Å². The Morgan fingerprint density at radius 3 is 1.25 bits per heavy atom. The van der Waals surface area contributed by atoms with Gasteiger partial charge in [0, 0.05) is 32.7 Å². The molecule has 0 fully saturated rings. The second-order valence-electron chi connectivity index (χ2n) is 0. The smallest absolute Gasteiger partial charge is 0 e. The number of hydrogen-bond acceptors (Lipinski definition) is 1. The zero-order valence-corrected chi connectivity index (χ0v) is 7.46. The van der Waals surface area contributed by atoms with Gasteiger partial charge in [0.2, 0.25) is 0 Å². The maximum absolute atomic E-state index is 8.39. The molecular weight excluding hydrogens is 333 g/mol. The summed E-state index contributed by atoms with van der Waals surface area (Å²) in [5.74, 6) is 0. The van der Waals surface area contributed by atoms with Gasteiger partial charge >= 0.3 is 86.2 Å².